The Hall–Kier alpha value is -4.61. The largest absolute Gasteiger partial charge is 0.351 e. The number of hydroxylamine groups is 1. The predicted octanol–water partition coefficient (Wildman–Crippen LogP) is 3.13. The van der Waals surface area contributed by atoms with Crippen molar-refractivity contribution in [1.82, 2.24) is 30.2 Å². The van der Waals surface area contributed by atoms with Crippen LogP contribution in [0.2, 0.25) is 0 Å². The molecule has 3 N–H and O–H groups in total. The fraction of sp³-hybridized carbons (Fsp3) is 0.323. The summed E-state index contributed by atoms with van der Waals surface area (Å²) in [4.78, 5) is 54.9. The van der Waals surface area contributed by atoms with E-state index in [2.05, 4.69) is 43.1 Å². The van der Waals surface area contributed by atoms with Crippen molar-refractivity contribution in [3.8, 4) is 5.69 Å². The van der Waals surface area contributed by atoms with E-state index in [0.29, 0.717) is 23.4 Å². The van der Waals surface area contributed by atoms with E-state index >= 15 is 0 Å². The second kappa shape index (κ2) is 12.1. The van der Waals surface area contributed by atoms with E-state index in [0.717, 1.165) is 44.6 Å². The molecule has 2 aromatic heterocycles. The molecule has 0 unspecified atom stereocenters. The number of carbonyl (C=O) groups is 2. The summed E-state index contributed by atoms with van der Waals surface area (Å²) in [5.41, 5.74) is 6.47. The topological polar surface area (TPSA) is 130 Å². The fourth-order valence-corrected chi connectivity index (χ4v) is 5.69. The first-order valence-electron chi connectivity index (χ1n) is 14.3. The molecule has 2 aromatic carbocycles. The van der Waals surface area contributed by atoms with Crippen molar-refractivity contribution in [3.63, 3.8) is 0 Å². The Balaban J connectivity index is 1.30. The van der Waals surface area contributed by atoms with Gasteiger partial charge in [-0.15, -0.1) is 0 Å². The first kappa shape index (κ1) is 27.6. The van der Waals surface area contributed by atoms with Crippen molar-refractivity contribution in [3.05, 3.63) is 87.3 Å². The number of carbonyl (C=O) groups excluding carboxylic acids is 2. The minimum Gasteiger partial charge on any atom is -0.351 e. The summed E-state index contributed by atoms with van der Waals surface area (Å²) in [5.74, 6) is -0.556. The lowest BCUT2D eigenvalue weighted by atomic mass is 10.1. The number of aromatic nitrogens is 3. The molecule has 216 valence electrons. The molecule has 11 nitrogen and oxygen atoms in total. The van der Waals surface area contributed by atoms with Crippen molar-refractivity contribution in [1.29, 1.82) is 0 Å². The molecule has 42 heavy (non-hydrogen) atoms. The van der Waals surface area contributed by atoms with Crippen LogP contribution in [-0.2, 0) is 17.7 Å². The Morgan fingerprint density at radius 1 is 1.00 bits per heavy atom. The van der Waals surface area contributed by atoms with Gasteiger partial charge in [0, 0.05) is 42.4 Å². The zero-order chi connectivity index (χ0) is 29.1. The van der Waals surface area contributed by atoms with Crippen LogP contribution in [0.15, 0.2) is 59.7 Å². The van der Waals surface area contributed by atoms with Gasteiger partial charge in [0.05, 0.1) is 12.5 Å². The lowest BCUT2D eigenvalue weighted by molar-refractivity contribution is 0.0536. The Bertz CT molecular complexity index is 1710. The Morgan fingerprint density at radius 2 is 1.83 bits per heavy atom. The molecule has 1 fully saturated rings. The lowest BCUT2D eigenvalue weighted by Gasteiger charge is -2.15. The smallest absolute Gasteiger partial charge is 0.280 e. The van der Waals surface area contributed by atoms with Crippen molar-refractivity contribution >= 4 is 34.5 Å². The van der Waals surface area contributed by atoms with Gasteiger partial charge in [-0.25, -0.2) is 10.5 Å². The van der Waals surface area contributed by atoms with E-state index in [1.807, 2.05) is 12.1 Å². The third-order valence-electron chi connectivity index (χ3n) is 7.84. The number of anilines is 2. The lowest BCUT2D eigenvalue weighted by Crippen LogP contribution is -2.33. The second-order valence-corrected chi connectivity index (χ2v) is 10.6. The summed E-state index contributed by atoms with van der Waals surface area (Å²) in [6.07, 6.45) is 8.43. The summed E-state index contributed by atoms with van der Waals surface area (Å²) in [7, 11) is 1.31. The normalized spacial score (nSPS) is 14.6. The summed E-state index contributed by atoms with van der Waals surface area (Å²) < 4.78 is 1.73. The van der Waals surface area contributed by atoms with E-state index in [1.165, 1.54) is 43.5 Å². The number of benzene rings is 2. The Morgan fingerprint density at radius 3 is 2.67 bits per heavy atom. The maximum atomic E-state index is 13.3. The van der Waals surface area contributed by atoms with Crippen LogP contribution in [-0.4, -0.2) is 64.5 Å². The molecule has 2 amide bonds. The predicted molar refractivity (Wildman–Crippen MR) is 159 cm³/mol. The van der Waals surface area contributed by atoms with Crippen LogP contribution in [0.25, 0.3) is 16.7 Å². The van der Waals surface area contributed by atoms with Gasteiger partial charge in [0.2, 0.25) is 11.4 Å². The molecule has 2 aliphatic rings. The van der Waals surface area contributed by atoms with Crippen LogP contribution in [0.4, 0.5) is 11.6 Å². The highest BCUT2D eigenvalue weighted by molar-refractivity contribution is 5.97. The van der Waals surface area contributed by atoms with Crippen molar-refractivity contribution in [2.24, 2.45) is 0 Å². The first-order chi connectivity index (χ1) is 20.5. The molecule has 0 radical (unpaired) electrons. The number of nitrogens with one attached hydrogen (secondary N) is 3. The molecule has 3 heterocycles. The van der Waals surface area contributed by atoms with Crippen LogP contribution in [0.3, 0.4) is 0 Å². The van der Waals surface area contributed by atoms with Gasteiger partial charge in [-0.05, 0) is 86.7 Å². The number of rotatable bonds is 9. The van der Waals surface area contributed by atoms with Crippen molar-refractivity contribution < 1.29 is 14.4 Å². The minimum atomic E-state index is -0.656. The standard InChI is InChI=1S/C31H33N7O4/c1-42-36-30(41)26-19-38(24-11-10-20-6-4-7-21(20)17-24)28-25(27(26)39)18-33-31(35-28)34-23-9-5-8-22(16-23)29(40)32-12-15-37-13-2-3-14-37/h5,8-11,16-19H,2-4,6-7,12-15H2,1H3,(H,32,40)(H,36,41)(H,33,34,35). The summed E-state index contributed by atoms with van der Waals surface area (Å²) in [6.45, 7) is 3.61. The highest BCUT2D eigenvalue weighted by Crippen LogP contribution is 2.26. The van der Waals surface area contributed by atoms with Crippen LogP contribution in [0.1, 0.15) is 51.1 Å². The number of hydrogen-bond acceptors (Lipinski definition) is 8. The monoisotopic (exact) mass is 567 g/mol. The molecule has 4 aromatic rings. The molecular formula is C31H33N7O4. The van der Waals surface area contributed by atoms with E-state index in [-0.39, 0.29) is 22.8 Å². The zero-order valence-electron chi connectivity index (χ0n) is 23.5. The summed E-state index contributed by atoms with van der Waals surface area (Å²) in [6, 6.07) is 13.2. The second-order valence-electron chi connectivity index (χ2n) is 10.6. The van der Waals surface area contributed by atoms with Gasteiger partial charge >= 0.3 is 0 Å². The number of aryl methyl sites for hydroxylation is 2. The quantitative estimate of drug-likeness (QED) is 0.263. The minimum absolute atomic E-state index is 0.0856. The third-order valence-corrected chi connectivity index (χ3v) is 7.84. The highest BCUT2D eigenvalue weighted by Gasteiger charge is 2.20. The third kappa shape index (κ3) is 5.74. The number of fused-ring (bicyclic) bond motifs is 2. The molecule has 0 atom stereocenters. The fourth-order valence-electron chi connectivity index (χ4n) is 5.69. The van der Waals surface area contributed by atoms with Crippen molar-refractivity contribution in [2.75, 3.05) is 38.6 Å². The first-order valence-corrected chi connectivity index (χ1v) is 14.3. The van der Waals surface area contributed by atoms with E-state index < -0.39 is 11.3 Å². The molecular weight excluding hydrogens is 534 g/mol. The number of hydrogen-bond donors (Lipinski definition) is 3. The number of pyridine rings is 1. The van der Waals surface area contributed by atoms with E-state index in [1.54, 1.807) is 22.8 Å². The Labute approximate surface area is 242 Å². The summed E-state index contributed by atoms with van der Waals surface area (Å²) >= 11 is 0. The molecule has 1 aliphatic heterocycles. The van der Waals surface area contributed by atoms with Gasteiger partial charge in [0.1, 0.15) is 5.56 Å². The van der Waals surface area contributed by atoms with Crippen LogP contribution in [0, 0.1) is 0 Å². The van der Waals surface area contributed by atoms with Gasteiger partial charge in [-0.3, -0.25) is 19.2 Å². The van der Waals surface area contributed by atoms with Crippen LogP contribution in [0.5, 0.6) is 0 Å². The number of amides is 2. The molecule has 1 aliphatic carbocycles. The van der Waals surface area contributed by atoms with Crippen LogP contribution < -0.4 is 21.5 Å². The van der Waals surface area contributed by atoms with Gasteiger partial charge in [0.25, 0.3) is 11.8 Å². The zero-order valence-corrected chi connectivity index (χ0v) is 23.5. The van der Waals surface area contributed by atoms with Crippen LogP contribution >= 0.6 is 0 Å². The highest BCUT2D eigenvalue weighted by atomic mass is 16.6. The van der Waals surface area contributed by atoms with Gasteiger partial charge in [-0.2, -0.15) is 4.98 Å². The average Bonchev–Trinajstić information content (AvgIpc) is 3.69. The molecule has 0 bridgehead atoms. The molecule has 6 rings (SSSR count). The van der Waals surface area contributed by atoms with Gasteiger partial charge in [-0.1, -0.05) is 12.1 Å². The Kier molecular flexibility index (Phi) is 7.93. The molecule has 0 saturated carbocycles. The van der Waals surface area contributed by atoms with E-state index in [4.69, 9.17) is 4.84 Å². The van der Waals surface area contributed by atoms with E-state index in [9.17, 15) is 14.4 Å². The van der Waals surface area contributed by atoms with Gasteiger partial charge in [0.15, 0.2) is 5.65 Å². The molecule has 1 saturated heterocycles. The molecule has 11 heteroatoms. The maximum absolute atomic E-state index is 13.3. The number of likely N-dealkylation sites (tertiary alicyclic amines) is 1. The van der Waals surface area contributed by atoms with Crippen molar-refractivity contribution in [2.45, 2.75) is 32.1 Å². The SMILES string of the molecule is CONC(=O)c1cn(-c2ccc3c(c2)CCC3)c2nc(Nc3cccc(C(=O)NCCN4CCCC4)c3)ncc2c1=O. The van der Waals surface area contributed by atoms with Gasteiger partial charge < -0.3 is 20.1 Å². The summed E-state index contributed by atoms with van der Waals surface area (Å²) in [5, 5.41) is 6.35. The maximum Gasteiger partial charge on any atom is 0.280 e. The number of nitrogens with zero attached hydrogens (tertiary/aromatic N) is 4. The molecule has 0 spiro atoms. The average molecular weight is 568 g/mol.